The molecule has 3 aromatic carbocycles. The zero-order chi connectivity index (χ0) is 21.3. The Kier molecular flexibility index (Phi) is 5.36. The molecule has 1 aliphatic heterocycles. The van der Waals surface area contributed by atoms with Gasteiger partial charge in [0.2, 0.25) is 0 Å². The Balaban J connectivity index is 1.67. The van der Waals surface area contributed by atoms with Gasteiger partial charge in [0.15, 0.2) is 0 Å². The first-order valence-electron chi connectivity index (χ1n) is 9.92. The van der Waals surface area contributed by atoms with Gasteiger partial charge in [-0.05, 0) is 59.9 Å². The van der Waals surface area contributed by atoms with Gasteiger partial charge in [0, 0.05) is 17.7 Å². The summed E-state index contributed by atoms with van der Waals surface area (Å²) in [5, 5.41) is 0. The van der Waals surface area contributed by atoms with Gasteiger partial charge in [-0.2, -0.15) is 0 Å². The van der Waals surface area contributed by atoms with Gasteiger partial charge < -0.3 is 9.64 Å². The topological polar surface area (TPSA) is 46.6 Å². The van der Waals surface area contributed by atoms with Crippen molar-refractivity contribution < 1.29 is 18.7 Å². The summed E-state index contributed by atoms with van der Waals surface area (Å²) in [6.45, 7) is 4.31. The van der Waals surface area contributed by atoms with E-state index < -0.39 is 5.97 Å². The maximum atomic E-state index is 14.3. The Morgan fingerprint density at radius 2 is 1.73 bits per heavy atom. The predicted octanol–water partition coefficient (Wildman–Crippen LogP) is 4.99. The maximum Gasteiger partial charge on any atom is 0.325 e. The van der Waals surface area contributed by atoms with Crippen molar-refractivity contribution in [2.24, 2.45) is 0 Å². The molecule has 0 unspecified atom stereocenters. The van der Waals surface area contributed by atoms with Crippen LogP contribution in [0, 0.1) is 12.7 Å². The number of rotatable bonds is 5. The van der Waals surface area contributed by atoms with E-state index in [0.29, 0.717) is 17.7 Å². The summed E-state index contributed by atoms with van der Waals surface area (Å²) in [6, 6.07) is 18.2. The molecule has 0 atom stereocenters. The summed E-state index contributed by atoms with van der Waals surface area (Å²) < 4.78 is 19.3. The Morgan fingerprint density at radius 1 is 1.00 bits per heavy atom. The molecule has 1 amide bonds. The highest BCUT2D eigenvalue weighted by molar-refractivity contribution is 6.00. The fraction of sp³-hybridized carbons (Fsp3) is 0.200. The number of amides is 1. The van der Waals surface area contributed by atoms with E-state index in [0.717, 1.165) is 27.8 Å². The Morgan fingerprint density at radius 3 is 2.50 bits per heavy atom. The quantitative estimate of drug-likeness (QED) is 0.564. The van der Waals surface area contributed by atoms with Crippen LogP contribution in [0.2, 0.25) is 0 Å². The number of carbonyl (C=O) groups is 2. The number of nitrogens with zero attached hydrogens (tertiary/aromatic N) is 1. The summed E-state index contributed by atoms with van der Waals surface area (Å²) in [7, 11) is 0. The molecule has 4 nitrogen and oxygen atoms in total. The second-order valence-electron chi connectivity index (χ2n) is 7.30. The summed E-state index contributed by atoms with van der Waals surface area (Å²) in [4.78, 5) is 25.9. The van der Waals surface area contributed by atoms with Crippen LogP contribution in [-0.4, -0.2) is 29.9 Å². The van der Waals surface area contributed by atoms with Crippen LogP contribution in [0.1, 0.15) is 28.4 Å². The molecule has 0 saturated carbocycles. The largest absolute Gasteiger partial charge is 0.465 e. The lowest BCUT2D eigenvalue weighted by Crippen LogP contribution is -2.31. The molecule has 5 heteroatoms. The highest BCUT2D eigenvalue weighted by Crippen LogP contribution is 2.35. The highest BCUT2D eigenvalue weighted by atomic mass is 19.1. The molecule has 152 valence electrons. The monoisotopic (exact) mass is 403 g/mol. The Hall–Kier alpha value is -3.47. The number of hydrogen-bond acceptors (Lipinski definition) is 3. The minimum Gasteiger partial charge on any atom is -0.465 e. The Labute approximate surface area is 174 Å². The number of fused-ring (bicyclic) bond motifs is 1. The van der Waals surface area contributed by atoms with Crippen LogP contribution in [0.15, 0.2) is 60.7 Å². The lowest BCUT2D eigenvalue weighted by atomic mass is 9.91. The van der Waals surface area contributed by atoms with Crippen LogP contribution in [0.3, 0.4) is 0 Å². The van der Waals surface area contributed by atoms with Crippen molar-refractivity contribution in [2.75, 3.05) is 13.2 Å². The zero-order valence-corrected chi connectivity index (χ0v) is 16.9. The molecule has 0 N–H and O–H groups in total. The molecule has 0 saturated heterocycles. The van der Waals surface area contributed by atoms with Crippen LogP contribution < -0.4 is 0 Å². The van der Waals surface area contributed by atoms with Crippen molar-refractivity contribution >= 4 is 11.9 Å². The number of ether oxygens (including phenoxy) is 1. The normalized spacial score (nSPS) is 12.8. The van der Waals surface area contributed by atoms with Gasteiger partial charge in [-0.1, -0.05) is 42.5 Å². The molecule has 0 bridgehead atoms. The fourth-order valence-corrected chi connectivity index (χ4v) is 3.96. The minimum atomic E-state index is -0.410. The predicted molar refractivity (Wildman–Crippen MR) is 113 cm³/mol. The van der Waals surface area contributed by atoms with Crippen molar-refractivity contribution in [1.29, 1.82) is 0 Å². The van der Waals surface area contributed by atoms with Crippen molar-refractivity contribution in [3.63, 3.8) is 0 Å². The van der Waals surface area contributed by atoms with Gasteiger partial charge in [0.25, 0.3) is 5.91 Å². The van der Waals surface area contributed by atoms with Crippen LogP contribution in [0.5, 0.6) is 0 Å². The van der Waals surface area contributed by atoms with Gasteiger partial charge in [-0.3, -0.25) is 9.59 Å². The summed E-state index contributed by atoms with van der Waals surface area (Å²) >= 11 is 0. The van der Waals surface area contributed by atoms with Crippen LogP contribution in [0.4, 0.5) is 4.39 Å². The molecule has 0 aromatic heterocycles. The second kappa shape index (κ2) is 8.11. The number of benzene rings is 3. The average Bonchev–Trinajstić information content (AvgIpc) is 3.03. The van der Waals surface area contributed by atoms with Gasteiger partial charge in [0.1, 0.15) is 12.4 Å². The van der Waals surface area contributed by atoms with Gasteiger partial charge >= 0.3 is 5.97 Å². The van der Waals surface area contributed by atoms with Crippen molar-refractivity contribution in [3.8, 4) is 22.3 Å². The third-order valence-electron chi connectivity index (χ3n) is 5.42. The minimum absolute atomic E-state index is 0.0571. The molecule has 0 aliphatic carbocycles. The number of halogens is 1. The molecule has 30 heavy (non-hydrogen) atoms. The Bertz CT molecular complexity index is 1140. The van der Waals surface area contributed by atoms with E-state index in [1.165, 1.54) is 11.0 Å². The molecule has 4 rings (SSSR count). The van der Waals surface area contributed by atoms with E-state index in [2.05, 4.69) is 0 Å². The summed E-state index contributed by atoms with van der Waals surface area (Å²) in [5.74, 6) is -0.833. The second-order valence-corrected chi connectivity index (χ2v) is 7.30. The van der Waals surface area contributed by atoms with E-state index in [-0.39, 0.29) is 24.9 Å². The molecule has 1 aliphatic rings. The zero-order valence-electron chi connectivity index (χ0n) is 16.9. The maximum absolute atomic E-state index is 14.3. The van der Waals surface area contributed by atoms with E-state index in [1.54, 1.807) is 25.1 Å². The van der Waals surface area contributed by atoms with Gasteiger partial charge in [0.05, 0.1) is 6.61 Å². The molecule has 3 aromatic rings. The molecular formula is C25H22FNO3. The highest BCUT2D eigenvalue weighted by Gasteiger charge is 2.29. The third kappa shape index (κ3) is 3.59. The smallest absolute Gasteiger partial charge is 0.325 e. The van der Waals surface area contributed by atoms with Crippen LogP contribution in [0.25, 0.3) is 22.3 Å². The van der Waals surface area contributed by atoms with Crippen LogP contribution >= 0.6 is 0 Å². The third-order valence-corrected chi connectivity index (χ3v) is 5.42. The standard InChI is InChI=1S/C25H22FNO3/c1-3-30-24(28)15-27-14-18-13-17(11-12-21(18)25(27)29)19-8-6-9-20(16(19)2)22-7-4-5-10-23(22)26/h4-13H,3,14-15H2,1-2H3. The SMILES string of the molecule is CCOC(=O)CN1Cc2cc(-c3cccc(-c4ccccc4F)c3C)ccc2C1=O. The molecule has 0 fully saturated rings. The van der Waals surface area contributed by atoms with E-state index in [4.69, 9.17) is 4.74 Å². The molecule has 1 heterocycles. The summed E-state index contributed by atoms with van der Waals surface area (Å²) in [5.41, 5.74) is 5.78. The van der Waals surface area contributed by atoms with E-state index in [9.17, 15) is 14.0 Å². The number of hydrogen-bond donors (Lipinski definition) is 0. The van der Waals surface area contributed by atoms with Crippen molar-refractivity contribution in [2.45, 2.75) is 20.4 Å². The first-order chi connectivity index (χ1) is 14.5. The van der Waals surface area contributed by atoms with Crippen molar-refractivity contribution in [1.82, 2.24) is 4.90 Å². The molecule has 0 spiro atoms. The fourth-order valence-electron chi connectivity index (χ4n) is 3.96. The first-order valence-corrected chi connectivity index (χ1v) is 9.92. The number of esters is 1. The summed E-state index contributed by atoms with van der Waals surface area (Å²) in [6.07, 6.45) is 0. The van der Waals surface area contributed by atoms with E-state index >= 15 is 0 Å². The lowest BCUT2D eigenvalue weighted by molar-refractivity contribution is -0.143. The molecule has 0 radical (unpaired) electrons. The van der Waals surface area contributed by atoms with Crippen LogP contribution in [-0.2, 0) is 16.1 Å². The lowest BCUT2D eigenvalue weighted by Gasteiger charge is -2.14. The first kappa shape index (κ1) is 19.8. The van der Waals surface area contributed by atoms with Gasteiger partial charge in [-0.25, -0.2) is 4.39 Å². The average molecular weight is 403 g/mol. The van der Waals surface area contributed by atoms with Gasteiger partial charge in [-0.15, -0.1) is 0 Å². The molecular weight excluding hydrogens is 381 g/mol. The van der Waals surface area contributed by atoms with Crippen molar-refractivity contribution in [3.05, 3.63) is 83.2 Å². The van der Waals surface area contributed by atoms with E-state index in [1.807, 2.05) is 43.3 Å². The number of carbonyl (C=O) groups excluding carboxylic acids is 2.